The van der Waals surface area contributed by atoms with Gasteiger partial charge in [-0.25, -0.2) is 29.3 Å². The zero-order chi connectivity index (χ0) is 88.7. The molecule has 115 heavy (non-hydrogen) atoms. The van der Waals surface area contributed by atoms with Crippen LogP contribution in [0, 0.1) is 46.8 Å². The van der Waals surface area contributed by atoms with Crippen LogP contribution in [0.2, 0.25) is 0 Å². The highest BCUT2D eigenvalue weighted by Gasteiger charge is 2.51. The van der Waals surface area contributed by atoms with Crippen LogP contribution in [0.4, 0.5) is 9.59 Å². The molecule has 634 valence electrons. The number of nitrogens with two attached hydrogens (primary N) is 3. The number of aliphatic hydroxyl groups excluding tert-OH is 1. The molecule has 3 aliphatic rings. The molecule has 32 nitrogen and oxygen atoms in total. The molecule has 2 fully saturated rings. The average Bonchev–Trinajstić information content (AvgIpc) is 1.53. The van der Waals surface area contributed by atoms with Crippen LogP contribution in [0.5, 0.6) is 0 Å². The zero-order valence-corrected chi connectivity index (χ0v) is 70.3. The number of amides is 5. The van der Waals surface area contributed by atoms with Crippen LogP contribution < -0.4 is 33.2 Å². The Morgan fingerprint density at radius 1 is 0.557 bits per heavy atom. The summed E-state index contributed by atoms with van der Waals surface area (Å²) in [6.45, 7) is 41.3. The minimum absolute atomic E-state index is 0.0140. The van der Waals surface area contributed by atoms with Gasteiger partial charge in [-0.05, 0) is 56.9 Å². The second kappa shape index (κ2) is 53.5. The van der Waals surface area contributed by atoms with Crippen LogP contribution in [0.1, 0.15) is 182 Å². The van der Waals surface area contributed by atoms with E-state index in [1.54, 1.807) is 51.6 Å². The average molecular weight is 1610 g/mol. The smallest absolute Gasteiger partial charge is 0.410 e. The Kier molecular flexibility index (Phi) is 49.1. The van der Waals surface area contributed by atoms with Crippen molar-refractivity contribution in [2.45, 2.75) is 208 Å². The van der Waals surface area contributed by atoms with E-state index in [4.69, 9.17) is 66.9 Å². The van der Waals surface area contributed by atoms with Gasteiger partial charge < -0.3 is 101 Å². The number of hydrogen-bond donors (Lipinski definition) is 10. The summed E-state index contributed by atoms with van der Waals surface area (Å²) < 4.78 is 24.6. The molecule has 32 heteroatoms. The first-order valence-corrected chi connectivity index (χ1v) is 36.7. The number of esters is 3. The van der Waals surface area contributed by atoms with Crippen molar-refractivity contribution in [3.8, 4) is 0 Å². The van der Waals surface area contributed by atoms with Crippen LogP contribution in [-0.4, -0.2) is 202 Å². The van der Waals surface area contributed by atoms with Crippen molar-refractivity contribution in [2.24, 2.45) is 44.0 Å². The molecule has 7 rings (SSSR count). The fraction of sp³-hybridized carbons (Fsp3) is 0.530. The lowest BCUT2D eigenvalue weighted by Crippen LogP contribution is -2.54. The molecule has 0 aliphatic carbocycles. The number of ether oxygens (including phenoxy) is 5. The fourth-order valence-electron chi connectivity index (χ4n) is 12.0. The lowest BCUT2D eigenvalue weighted by Gasteiger charge is -2.48. The van der Waals surface area contributed by atoms with Gasteiger partial charge in [-0.15, -0.1) is 0 Å². The number of oxime groups is 1. The quantitative estimate of drug-likeness (QED) is 0.00968. The molecule has 3 aliphatic heterocycles. The molecule has 0 spiro atoms. The number of benzene rings is 4. The lowest BCUT2D eigenvalue weighted by atomic mass is 9.73. The minimum atomic E-state index is -0.979. The number of carbonyl (C=O) groups excluding carboxylic acids is 8. The molecule has 0 saturated carbocycles. The monoisotopic (exact) mass is 1610 g/mol. The summed E-state index contributed by atoms with van der Waals surface area (Å²) >= 11 is 0. The van der Waals surface area contributed by atoms with Gasteiger partial charge in [-0.2, -0.15) is 0 Å². The van der Waals surface area contributed by atoms with E-state index >= 15 is 0 Å². The Labute approximate surface area is 677 Å². The molecule has 4 aromatic rings. The first-order valence-electron chi connectivity index (χ1n) is 36.7. The van der Waals surface area contributed by atoms with Gasteiger partial charge in [-0.3, -0.25) is 43.8 Å². The van der Waals surface area contributed by atoms with Gasteiger partial charge >= 0.3 is 42.0 Å². The molecule has 0 radical (unpaired) electrons. The maximum atomic E-state index is 12.4. The van der Waals surface area contributed by atoms with Gasteiger partial charge in [0.1, 0.15) is 18.3 Å². The Morgan fingerprint density at radius 3 is 1.20 bits per heavy atom. The molecule has 4 aromatic carbocycles. The van der Waals surface area contributed by atoms with Crippen molar-refractivity contribution in [2.75, 3.05) is 56.6 Å². The van der Waals surface area contributed by atoms with E-state index in [-0.39, 0.29) is 110 Å². The summed E-state index contributed by atoms with van der Waals surface area (Å²) in [6.07, 6.45) is -3.24. The van der Waals surface area contributed by atoms with Crippen molar-refractivity contribution in [1.29, 1.82) is 5.41 Å². The summed E-state index contributed by atoms with van der Waals surface area (Å²) in [4.78, 5) is 132. The summed E-state index contributed by atoms with van der Waals surface area (Å²) in [5, 5.41) is 46.5. The number of nitrogens with zero attached hydrogens (tertiary/aromatic N) is 6. The molecule has 11 unspecified atom stereocenters. The van der Waals surface area contributed by atoms with E-state index in [0.717, 1.165) is 28.0 Å². The fourth-order valence-corrected chi connectivity index (χ4v) is 12.0. The Morgan fingerprint density at radius 2 is 0.878 bits per heavy atom. The third kappa shape index (κ3) is 38.7. The summed E-state index contributed by atoms with van der Waals surface area (Å²) in [5.41, 5.74) is 18.8. The first-order chi connectivity index (χ1) is 53.6. The van der Waals surface area contributed by atoms with Crippen molar-refractivity contribution in [3.05, 3.63) is 178 Å². The molecule has 11 atom stereocenters. The van der Waals surface area contributed by atoms with E-state index < -0.39 is 88.8 Å². The Hall–Kier alpha value is -11.5. The van der Waals surface area contributed by atoms with E-state index in [1.165, 1.54) is 49.4 Å². The van der Waals surface area contributed by atoms with Gasteiger partial charge in [0.15, 0.2) is 0 Å². The number of carbonyl (C=O) groups is 10. The van der Waals surface area contributed by atoms with Crippen molar-refractivity contribution >= 4 is 71.3 Å². The highest BCUT2D eigenvalue weighted by molar-refractivity contribution is 6.05. The molecular formula is C83H123N13O19. The van der Waals surface area contributed by atoms with E-state index in [1.807, 2.05) is 177 Å². The predicted octanol–water partition coefficient (Wildman–Crippen LogP) is 10.5. The standard InChI is InChI=1S/C20H28N2O5.C19H26N2O5.C18H28N2O4.C13H15NO3.C5H11NO2.C2H6N2.3C2H3N/c1-13(11-17(24)26-5)21-16(23)12-15-20(2,3)18(22(4)19(25)27-15)14-9-7-6-8-10-14;1-12(10-16(23)24)20-15(22)11-14-19(2,3)17(21(4)18(25)26-14)13-8-6-5-7-9-13;1-12(10-16(23)24-4)20-15(22)11-14(21)18(2,3)17(19)13-8-6-5-7-9-13;1-13(2)10(8-11(15)16)17-14-12(13)9-6-4-3-5-7-9;1-4(6)3-5(7)8-2;1-2(3)4;3*1-3-2/h6-10,13,15,18H,11-12H2,1-5H3,(H,21,23);5-9,12,14,17H,10-11H2,1-4H3,(H,20,22)(H,23,24);5-9,12,14,17,21H,10-11,19H2,1-4H3,(H,20,22);3-7,10H,8H2,1-2H3,(H,15,16);4H,3,6H2,1-2H3;1H3,(H3,3,4);3*1H3. The van der Waals surface area contributed by atoms with Gasteiger partial charge in [0, 0.05) is 60.5 Å². The van der Waals surface area contributed by atoms with Gasteiger partial charge in [0.25, 0.3) is 0 Å². The van der Waals surface area contributed by atoms with Crippen molar-refractivity contribution < 1.29 is 91.8 Å². The van der Waals surface area contributed by atoms with Gasteiger partial charge in [0.05, 0.1) is 108 Å². The summed E-state index contributed by atoms with van der Waals surface area (Å²) in [6, 6.07) is 36.3. The number of hydrogen-bond acceptors (Lipinski definition) is 21. The first kappa shape index (κ1) is 106. The summed E-state index contributed by atoms with van der Waals surface area (Å²) in [7, 11) is 11.6. The maximum Gasteiger partial charge on any atom is 0.410 e. The molecule has 3 heterocycles. The number of nitrogens with one attached hydrogen (secondary N) is 4. The molecule has 0 bridgehead atoms. The molecule has 5 amide bonds. The SMILES string of the molecule is CC(=N)N.CC(CC(=O)O)NC(=O)CC1OC(=O)N(C)C(c2ccccc2)C1(C)C.CC1(C)C(c2ccccc2)=NOC1CC(=O)O.COC(=O)CC(C)N.COC(=O)CC(C)NC(=O)CC(O)C(C)(C)C(N)c1ccccc1.COC(=O)CC(C)NC(=O)CC1OC(=O)N(C)C(c2ccccc2)C1(C)C.[C-]#[N+]C.[C-]#[N+]C.[C-]#[N+]C. The maximum absolute atomic E-state index is 12.4. The lowest BCUT2D eigenvalue weighted by molar-refractivity contribution is -0.142. The number of amidine groups is 1. The highest BCUT2D eigenvalue weighted by Crippen LogP contribution is 2.48. The zero-order valence-electron chi connectivity index (χ0n) is 70.3. The third-order valence-electron chi connectivity index (χ3n) is 18.0. The summed E-state index contributed by atoms with van der Waals surface area (Å²) in [5.74, 6) is -3.64. The topological polar surface area (TPSA) is 457 Å². The second-order valence-electron chi connectivity index (χ2n) is 29.5. The number of aliphatic carboxylic acids is 2. The Bertz CT molecular complexity index is 3810. The molecular weight excluding hydrogens is 1480 g/mol. The largest absolute Gasteiger partial charge is 0.481 e. The minimum Gasteiger partial charge on any atom is -0.481 e. The number of carboxylic acid groups (broad SMARTS) is 2. The van der Waals surface area contributed by atoms with E-state index in [2.05, 4.69) is 49.9 Å². The normalized spacial score (nSPS) is 18.2. The van der Waals surface area contributed by atoms with Gasteiger partial charge in [-0.1, -0.05) is 182 Å². The van der Waals surface area contributed by atoms with Crippen LogP contribution in [0.25, 0.3) is 14.5 Å². The molecule has 2 saturated heterocycles. The number of methoxy groups -OCH3 is 3. The van der Waals surface area contributed by atoms with E-state index in [9.17, 15) is 53.1 Å². The number of rotatable bonds is 25. The van der Waals surface area contributed by atoms with Crippen molar-refractivity contribution in [3.63, 3.8) is 0 Å². The third-order valence-corrected chi connectivity index (χ3v) is 18.0. The number of cyclic esters (lactones) is 2. The highest BCUT2D eigenvalue weighted by atomic mass is 16.6. The van der Waals surface area contributed by atoms with Crippen LogP contribution in [0.3, 0.4) is 0 Å². The van der Waals surface area contributed by atoms with Gasteiger partial charge in [0.2, 0.25) is 38.9 Å². The molecule has 0 aromatic heterocycles. The van der Waals surface area contributed by atoms with Crippen LogP contribution in [-0.2, 0) is 66.9 Å². The van der Waals surface area contributed by atoms with Crippen molar-refractivity contribution in [1.82, 2.24) is 25.8 Å². The van der Waals surface area contributed by atoms with E-state index in [0.29, 0.717) is 6.42 Å². The molecule has 13 N–H and O–H groups in total. The Balaban J connectivity index is 0. The number of aliphatic hydroxyl groups is 1. The van der Waals surface area contributed by atoms with Crippen LogP contribution in [0.15, 0.2) is 126 Å². The predicted molar refractivity (Wildman–Crippen MR) is 437 cm³/mol. The number of carboxylic acids is 2. The second-order valence-corrected chi connectivity index (χ2v) is 29.5. The van der Waals surface area contributed by atoms with Crippen LogP contribution >= 0.6 is 0 Å².